The van der Waals surface area contributed by atoms with Crippen molar-refractivity contribution in [2.75, 3.05) is 0 Å². The normalized spacial score (nSPS) is 28.8. The summed E-state index contributed by atoms with van der Waals surface area (Å²) in [5.74, 6) is 0.683. The molecule has 1 aliphatic carbocycles. The molecule has 0 aromatic carbocycles. The van der Waals surface area contributed by atoms with Crippen LogP contribution in [-0.2, 0) is 0 Å². The summed E-state index contributed by atoms with van der Waals surface area (Å²) in [6.45, 7) is 13.7. The van der Waals surface area contributed by atoms with Crippen molar-refractivity contribution in [3.8, 4) is 0 Å². The van der Waals surface area contributed by atoms with Crippen molar-refractivity contribution >= 4 is 0 Å². The third-order valence-electron chi connectivity index (χ3n) is 3.80. The van der Waals surface area contributed by atoms with Crippen LogP contribution < -0.4 is 0 Å². The quantitative estimate of drug-likeness (QED) is 0.508. The van der Waals surface area contributed by atoms with Crippen molar-refractivity contribution in [3.63, 3.8) is 0 Å². The summed E-state index contributed by atoms with van der Waals surface area (Å²) in [6, 6.07) is 0. The summed E-state index contributed by atoms with van der Waals surface area (Å²) in [5, 5.41) is 0. The molecular formula is C12H20. The van der Waals surface area contributed by atoms with Crippen LogP contribution in [0.3, 0.4) is 0 Å². The zero-order valence-electron chi connectivity index (χ0n) is 9.15. The van der Waals surface area contributed by atoms with Crippen LogP contribution in [-0.4, -0.2) is 0 Å². The second-order valence-corrected chi connectivity index (χ2v) is 4.64. The van der Waals surface area contributed by atoms with E-state index in [2.05, 4.69) is 47.6 Å². The lowest BCUT2D eigenvalue weighted by Crippen LogP contribution is -2.27. The lowest BCUT2D eigenvalue weighted by molar-refractivity contribution is 0.320. The molecule has 1 atom stereocenters. The van der Waals surface area contributed by atoms with E-state index in [-0.39, 0.29) is 0 Å². The summed E-state index contributed by atoms with van der Waals surface area (Å²) in [6.07, 6.45) is 2.33. The van der Waals surface area contributed by atoms with E-state index in [1.807, 2.05) is 0 Å². The van der Waals surface area contributed by atoms with E-state index in [9.17, 15) is 0 Å². The first-order valence-corrected chi connectivity index (χ1v) is 4.73. The topological polar surface area (TPSA) is 0 Å². The Bertz CT molecular complexity index is 251. The molecule has 68 valence electrons. The highest BCUT2D eigenvalue weighted by Crippen LogP contribution is 2.43. The Morgan fingerprint density at radius 2 is 1.67 bits per heavy atom. The van der Waals surface area contributed by atoms with Crippen LogP contribution in [0.4, 0.5) is 0 Å². The zero-order valence-corrected chi connectivity index (χ0v) is 9.15. The lowest BCUT2D eigenvalue weighted by atomic mass is 9.67. The average Bonchev–Trinajstić information content (AvgIpc) is 1.99. The van der Waals surface area contributed by atoms with Gasteiger partial charge < -0.3 is 0 Å². The van der Waals surface area contributed by atoms with E-state index in [1.165, 1.54) is 11.1 Å². The van der Waals surface area contributed by atoms with Gasteiger partial charge in [-0.15, -0.1) is 0 Å². The average molecular weight is 164 g/mol. The van der Waals surface area contributed by atoms with Crippen molar-refractivity contribution in [1.82, 2.24) is 0 Å². The molecule has 0 aromatic heterocycles. The number of hydrogen-bond donors (Lipinski definition) is 0. The first-order chi connectivity index (χ1) is 5.37. The molecule has 1 rings (SSSR count). The van der Waals surface area contributed by atoms with Gasteiger partial charge in [0.05, 0.1) is 0 Å². The smallest absolute Gasteiger partial charge is 0.00814 e. The SMILES string of the molecule is CC1=CC(C)=C(C)C(C)C1(C)C. The summed E-state index contributed by atoms with van der Waals surface area (Å²) in [5.41, 5.74) is 4.87. The molecule has 0 N–H and O–H groups in total. The Morgan fingerprint density at radius 3 is 2.17 bits per heavy atom. The minimum absolute atomic E-state index is 0.351. The molecule has 0 radical (unpaired) electrons. The Hall–Kier alpha value is -0.520. The Kier molecular flexibility index (Phi) is 2.20. The lowest BCUT2D eigenvalue weighted by Gasteiger charge is -2.38. The van der Waals surface area contributed by atoms with Crippen molar-refractivity contribution in [1.29, 1.82) is 0 Å². The minimum Gasteiger partial charge on any atom is -0.0668 e. The van der Waals surface area contributed by atoms with Gasteiger partial charge in [-0.25, -0.2) is 0 Å². The molecular weight excluding hydrogens is 144 g/mol. The zero-order chi connectivity index (χ0) is 9.52. The first-order valence-electron chi connectivity index (χ1n) is 4.73. The van der Waals surface area contributed by atoms with Gasteiger partial charge in [-0.2, -0.15) is 0 Å². The van der Waals surface area contributed by atoms with Crippen molar-refractivity contribution in [2.24, 2.45) is 11.3 Å². The van der Waals surface area contributed by atoms with Gasteiger partial charge in [0.15, 0.2) is 0 Å². The maximum Gasteiger partial charge on any atom is -0.00814 e. The van der Waals surface area contributed by atoms with Gasteiger partial charge in [-0.05, 0) is 32.1 Å². The first kappa shape index (κ1) is 9.57. The maximum atomic E-state index is 2.33. The Balaban J connectivity index is 3.16. The molecule has 0 bridgehead atoms. The fourth-order valence-corrected chi connectivity index (χ4v) is 1.85. The molecule has 1 unspecified atom stereocenters. The monoisotopic (exact) mass is 164 g/mol. The van der Waals surface area contributed by atoms with E-state index in [0.29, 0.717) is 11.3 Å². The third kappa shape index (κ3) is 1.24. The summed E-state index contributed by atoms with van der Waals surface area (Å²) in [4.78, 5) is 0. The largest absolute Gasteiger partial charge is 0.0668 e. The van der Waals surface area contributed by atoms with Crippen molar-refractivity contribution < 1.29 is 0 Å². The molecule has 12 heavy (non-hydrogen) atoms. The molecule has 0 nitrogen and oxygen atoms in total. The van der Waals surface area contributed by atoms with E-state index in [1.54, 1.807) is 5.57 Å². The molecule has 0 saturated heterocycles. The highest BCUT2D eigenvalue weighted by atomic mass is 14.4. The molecule has 0 heterocycles. The van der Waals surface area contributed by atoms with Gasteiger partial charge in [0.1, 0.15) is 0 Å². The molecule has 0 heteroatoms. The van der Waals surface area contributed by atoms with Gasteiger partial charge in [-0.3, -0.25) is 0 Å². The Morgan fingerprint density at radius 1 is 1.17 bits per heavy atom. The van der Waals surface area contributed by atoms with Gasteiger partial charge >= 0.3 is 0 Å². The third-order valence-corrected chi connectivity index (χ3v) is 3.80. The second-order valence-electron chi connectivity index (χ2n) is 4.64. The molecule has 0 spiro atoms. The van der Waals surface area contributed by atoms with Crippen molar-refractivity contribution in [2.45, 2.75) is 41.5 Å². The summed E-state index contributed by atoms with van der Waals surface area (Å²) in [7, 11) is 0. The number of rotatable bonds is 0. The van der Waals surface area contributed by atoms with Crippen LogP contribution in [0.25, 0.3) is 0 Å². The second kappa shape index (κ2) is 2.76. The summed E-state index contributed by atoms with van der Waals surface area (Å²) >= 11 is 0. The van der Waals surface area contributed by atoms with E-state index < -0.39 is 0 Å². The predicted molar refractivity (Wildman–Crippen MR) is 55.1 cm³/mol. The molecule has 0 saturated carbocycles. The molecule has 0 amide bonds. The van der Waals surface area contributed by atoms with Crippen LogP contribution in [0.5, 0.6) is 0 Å². The van der Waals surface area contributed by atoms with Gasteiger partial charge in [0.2, 0.25) is 0 Å². The van der Waals surface area contributed by atoms with Gasteiger partial charge in [-0.1, -0.05) is 43.6 Å². The maximum absolute atomic E-state index is 2.33. The standard InChI is InChI=1S/C12H20/c1-8-7-9(2)12(5,6)11(4)10(8)3/h7,11H,1-6H3. The predicted octanol–water partition coefficient (Wildman–Crippen LogP) is 3.95. The van der Waals surface area contributed by atoms with Crippen LogP contribution >= 0.6 is 0 Å². The van der Waals surface area contributed by atoms with Crippen molar-refractivity contribution in [3.05, 3.63) is 22.8 Å². The van der Waals surface area contributed by atoms with Crippen LogP contribution in [0.15, 0.2) is 22.8 Å². The van der Waals surface area contributed by atoms with E-state index >= 15 is 0 Å². The molecule has 0 aromatic rings. The van der Waals surface area contributed by atoms with Gasteiger partial charge in [0.25, 0.3) is 0 Å². The number of allylic oxidation sites excluding steroid dienone is 4. The fraction of sp³-hybridized carbons (Fsp3) is 0.667. The molecule has 1 aliphatic rings. The highest BCUT2D eigenvalue weighted by molar-refractivity contribution is 5.36. The highest BCUT2D eigenvalue weighted by Gasteiger charge is 2.31. The molecule has 0 aliphatic heterocycles. The Labute approximate surface area is 76.4 Å². The minimum atomic E-state index is 0.351. The van der Waals surface area contributed by atoms with E-state index in [0.717, 1.165) is 0 Å². The van der Waals surface area contributed by atoms with Crippen LogP contribution in [0.2, 0.25) is 0 Å². The fourth-order valence-electron chi connectivity index (χ4n) is 1.85. The van der Waals surface area contributed by atoms with Crippen LogP contribution in [0, 0.1) is 11.3 Å². The van der Waals surface area contributed by atoms with Gasteiger partial charge in [0, 0.05) is 0 Å². The summed E-state index contributed by atoms with van der Waals surface area (Å²) < 4.78 is 0. The van der Waals surface area contributed by atoms with E-state index in [4.69, 9.17) is 0 Å². The molecule has 0 fully saturated rings. The number of hydrogen-bond acceptors (Lipinski definition) is 0. The van der Waals surface area contributed by atoms with Crippen LogP contribution in [0.1, 0.15) is 41.5 Å².